The summed E-state index contributed by atoms with van der Waals surface area (Å²) in [5, 5.41) is 4.75. The summed E-state index contributed by atoms with van der Waals surface area (Å²) in [5.74, 6) is 0.181. The molecule has 0 bridgehead atoms. The van der Waals surface area contributed by atoms with E-state index >= 15 is 0 Å². The molecule has 0 N–H and O–H groups in total. The summed E-state index contributed by atoms with van der Waals surface area (Å²) in [6.45, 7) is 1.10. The van der Waals surface area contributed by atoms with Gasteiger partial charge in [-0.05, 0) is 25.0 Å². The van der Waals surface area contributed by atoms with Crippen molar-refractivity contribution in [2.75, 3.05) is 20.2 Å². The maximum absolute atomic E-state index is 13.0. The molecule has 2 aromatic heterocycles. The number of hydrogen-bond acceptors (Lipinski definition) is 5. The zero-order chi connectivity index (χ0) is 19.0. The van der Waals surface area contributed by atoms with Crippen LogP contribution in [0, 0.1) is 0 Å². The Morgan fingerprint density at radius 3 is 2.93 bits per heavy atom. The average Bonchev–Trinajstić information content (AvgIpc) is 3.09. The molecule has 1 aliphatic heterocycles. The molecule has 140 valence electrons. The zero-order valence-corrected chi connectivity index (χ0v) is 15.3. The summed E-state index contributed by atoms with van der Waals surface area (Å²) >= 11 is 0. The Labute approximate surface area is 156 Å². The highest BCUT2D eigenvalue weighted by Gasteiger charge is 2.29. The van der Waals surface area contributed by atoms with Crippen LogP contribution in [0.2, 0.25) is 0 Å². The third kappa shape index (κ3) is 3.07. The summed E-state index contributed by atoms with van der Waals surface area (Å²) in [6.07, 6.45) is 4.90. The molecule has 1 aromatic carbocycles. The van der Waals surface area contributed by atoms with Gasteiger partial charge in [-0.3, -0.25) is 18.8 Å². The van der Waals surface area contributed by atoms with Crippen LogP contribution < -0.4 is 10.3 Å². The molecule has 0 saturated carbocycles. The third-order valence-electron chi connectivity index (χ3n) is 4.99. The Morgan fingerprint density at radius 1 is 1.30 bits per heavy atom. The van der Waals surface area contributed by atoms with Crippen LogP contribution in [0.1, 0.15) is 29.2 Å². The largest absolute Gasteiger partial charge is 0.479 e. The lowest BCUT2D eigenvalue weighted by Gasteiger charge is -2.33. The summed E-state index contributed by atoms with van der Waals surface area (Å²) in [5.41, 5.74) is 1.05. The molecular formula is C19H21N5O3. The summed E-state index contributed by atoms with van der Waals surface area (Å²) in [7, 11) is 3.25. The van der Waals surface area contributed by atoms with Gasteiger partial charge in [0.05, 0.1) is 30.4 Å². The van der Waals surface area contributed by atoms with Gasteiger partial charge in [0.25, 0.3) is 11.5 Å². The van der Waals surface area contributed by atoms with E-state index in [1.807, 2.05) is 18.2 Å². The van der Waals surface area contributed by atoms with Crippen LogP contribution in [0.5, 0.6) is 5.88 Å². The van der Waals surface area contributed by atoms with Gasteiger partial charge in [0.2, 0.25) is 5.88 Å². The number of hydrogen-bond donors (Lipinski definition) is 0. The highest BCUT2D eigenvalue weighted by Crippen LogP contribution is 2.24. The molecule has 8 heteroatoms. The molecule has 3 heterocycles. The lowest BCUT2D eigenvalue weighted by atomic mass is 10.0. The number of aromatic nitrogens is 4. The van der Waals surface area contributed by atoms with E-state index in [0.717, 1.165) is 12.8 Å². The SMILES string of the molecule is COc1nn(C)cc1C(=O)N1CCC[C@@H](n2cnc3ccccc3c2=O)C1. The molecule has 1 atom stereocenters. The molecular weight excluding hydrogens is 346 g/mol. The fourth-order valence-corrected chi connectivity index (χ4v) is 3.65. The molecule has 1 aliphatic rings. The van der Waals surface area contributed by atoms with Crippen molar-refractivity contribution in [2.45, 2.75) is 18.9 Å². The molecule has 8 nitrogen and oxygen atoms in total. The molecule has 1 amide bonds. The van der Waals surface area contributed by atoms with Crippen molar-refractivity contribution in [3.05, 3.63) is 52.7 Å². The first kappa shape index (κ1) is 17.3. The first-order chi connectivity index (χ1) is 13.1. The number of likely N-dealkylation sites (tertiary alicyclic amines) is 1. The van der Waals surface area contributed by atoms with Gasteiger partial charge < -0.3 is 9.64 Å². The third-order valence-corrected chi connectivity index (χ3v) is 4.99. The minimum atomic E-state index is -0.133. The summed E-state index contributed by atoms with van der Waals surface area (Å²) in [6, 6.07) is 7.21. The number of fused-ring (bicyclic) bond motifs is 1. The molecule has 1 saturated heterocycles. The van der Waals surface area contributed by atoms with Gasteiger partial charge in [0, 0.05) is 26.3 Å². The second-order valence-electron chi connectivity index (χ2n) is 6.75. The molecule has 0 spiro atoms. The number of piperidine rings is 1. The summed E-state index contributed by atoms with van der Waals surface area (Å²) in [4.78, 5) is 32.0. The van der Waals surface area contributed by atoms with Crippen molar-refractivity contribution in [1.29, 1.82) is 0 Å². The van der Waals surface area contributed by atoms with Crippen LogP contribution in [0.15, 0.2) is 41.6 Å². The van der Waals surface area contributed by atoms with Crippen molar-refractivity contribution < 1.29 is 9.53 Å². The Morgan fingerprint density at radius 2 is 2.11 bits per heavy atom. The maximum atomic E-state index is 13.0. The summed E-state index contributed by atoms with van der Waals surface area (Å²) < 4.78 is 8.43. The lowest BCUT2D eigenvalue weighted by Crippen LogP contribution is -2.43. The van der Waals surface area contributed by atoms with E-state index in [4.69, 9.17) is 4.74 Å². The van der Waals surface area contributed by atoms with E-state index < -0.39 is 0 Å². The van der Waals surface area contributed by atoms with Crippen molar-refractivity contribution in [1.82, 2.24) is 24.2 Å². The van der Waals surface area contributed by atoms with Crippen LogP contribution in [0.3, 0.4) is 0 Å². The number of carbonyl (C=O) groups is 1. The highest BCUT2D eigenvalue weighted by molar-refractivity contribution is 5.96. The van der Waals surface area contributed by atoms with Crippen LogP contribution in [0.25, 0.3) is 10.9 Å². The molecule has 1 fully saturated rings. The number of carbonyl (C=O) groups excluding carboxylic acids is 1. The van der Waals surface area contributed by atoms with Gasteiger partial charge >= 0.3 is 0 Å². The number of para-hydroxylation sites is 1. The van der Waals surface area contributed by atoms with Gasteiger partial charge in [-0.2, -0.15) is 0 Å². The molecule has 27 heavy (non-hydrogen) atoms. The van der Waals surface area contributed by atoms with Gasteiger partial charge in [-0.1, -0.05) is 12.1 Å². The van der Waals surface area contributed by atoms with Crippen LogP contribution >= 0.6 is 0 Å². The van der Waals surface area contributed by atoms with E-state index in [9.17, 15) is 9.59 Å². The standard InChI is InChI=1S/C19H21N5O3/c1-22-11-15(17(21-22)27-2)18(25)23-9-5-6-13(10-23)24-12-20-16-8-4-3-7-14(16)19(24)26/h3-4,7-8,11-13H,5-6,9-10H2,1-2H3/t13-/m1/s1. The molecule has 3 aromatic rings. The Kier molecular flexibility index (Phi) is 4.39. The van der Waals surface area contributed by atoms with Gasteiger partial charge in [-0.15, -0.1) is 5.10 Å². The van der Waals surface area contributed by atoms with Gasteiger partial charge in [0.15, 0.2) is 0 Å². The first-order valence-electron chi connectivity index (χ1n) is 8.91. The number of nitrogens with zero attached hydrogens (tertiary/aromatic N) is 5. The van der Waals surface area contributed by atoms with Crippen molar-refractivity contribution in [3.8, 4) is 5.88 Å². The molecule has 0 radical (unpaired) electrons. The minimum Gasteiger partial charge on any atom is -0.479 e. The topological polar surface area (TPSA) is 82.2 Å². The minimum absolute atomic E-state index is 0.0705. The molecule has 0 unspecified atom stereocenters. The van der Waals surface area contributed by atoms with E-state index in [1.165, 1.54) is 7.11 Å². The van der Waals surface area contributed by atoms with Crippen molar-refractivity contribution in [2.24, 2.45) is 7.05 Å². The Hall–Kier alpha value is -3.16. The van der Waals surface area contributed by atoms with Crippen molar-refractivity contribution >= 4 is 16.8 Å². The van der Waals surface area contributed by atoms with Crippen LogP contribution in [0.4, 0.5) is 0 Å². The molecule has 0 aliphatic carbocycles. The fourth-order valence-electron chi connectivity index (χ4n) is 3.65. The Balaban J connectivity index is 1.62. The van der Waals surface area contributed by atoms with E-state index in [2.05, 4.69) is 10.1 Å². The smallest absolute Gasteiger partial charge is 0.261 e. The van der Waals surface area contributed by atoms with E-state index in [-0.39, 0.29) is 17.5 Å². The van der Waals surface area contributed by atoms with E-state index in [1.54, 1.807) is 39.8 Å². The highest BCUT2D eigenvalue weighted by atomic mass is 16.5. The van der Waals surface area contributed by atoms with Crippen LogP contribution in [-0.4, -0.2) is 50.3 Å². The number of ether oxygens (including phenoxy) is 1. The normalized spacial score (nSPS) is 17.3. The Bertz CT molecular complexity index is 1050. The average molecular weight is 367 g/mol. The quantitative estimate of drug-likeness (QED) is 0.702. The molecule has 4 rings (SSSR count). The van der Waals surface area contributed by atoms with Gasteiger partial charge in [-0.25, -0.2) is 4.98 Å². The van der Waals surface area contributed by atoms with Crippen molar-refractivity contribution in [3.63, 3.8) is 0 Å². The number of rotatable bonds is 3. The predicted octanol–water partition coefficient (Wildman–Crippen LogP) is 1.62. The number of amides is 1. The monoisotopic (exact) mass is 367 g/mol. The fraction of sp³-hybridized carbons (Fsp3) is 0.368. The number of aryl methyl sites for hydroxylation is 1. The number of benzene rings is 1. The van der Waals surface area contributed by atoms with Crippen LogP contribution in [-0.2, 0) is 7.05 Å². The predicted molar refractivity (Wildman–Crippen MR) is 99.9 cm³/mol. The maximum Gasteiger partial charge on any atom is 0.261 e. The lowest BCUT2D eigenvalue weighted by molar-refractivity contribution is 0.0674. The van der Waals surface area contributed by atoms with E-state index in [0.29, 0.717) is 35.4 Å². The van der Waals surface area contributed by atoms with Gasteiger partial charge in [0.1, 0.15) is 5.56 Å². The second kappa shape index (κ2) is 6.86. The first-order valence-corrected chi connectivity index (χ1v) is 8.91. The number of methoxy groups -OCH3 is 1. The second-order valence-corrected chi connectivity index (χ2v) is 6.75. The zero-order valence-electron chi connectivity index (χ0n) is 15.3.